The van der Waals surface area contributed by atoms with Gasteiger partial charge in [-0.3, -0.25) is 14.4 Å². The maximum absolute atomic E-state index is 12.8. The molecule has 0 aliphatic carbocycles. The molecule has 4 heterocycles. The average molecular weight is 779 g/mol. The fourth-order valence-electron chi connectivity index (χ4n) is 9.24. The van der Waals surface area contributed by atoms with Crippen LogP contribution in [0.5, 0.6) is 5.88 Å². The van der Waals surface area contributed by atoms with Gasteiger partial charge in [-0.2, -0.15) is 0 Å². The first kappa shape index (κ1) is 35.1. The number of benzene rings is 8. The fraction of sp³-hybridized carbons (Fsp3) is 0.0385. The van der Waals surface area contributed by atoms with E-state index in [4.69, 9.17) is 0 Å². The Kier molecular flexibility index (Phi) is 8.06. The Hall–Kier alpha value is -8.10. The van der Waals surface area contributed by atoms with Crippen LogP contribution in [-0.2, 0) is 14.4 Å². The lowest BCUT2D eigenvalue weighted by Gasteiger charge is -2.13. The van der Waals surface area contributed by atoms with Gasteiger partial charge in [0.05, 0.1) is 45.2 Å². The van der Waals surface area contributed by atoms with Gasteiger partial charge in [0.15, 0.2) is 5.88 Å². The van der Waals surface area contributed by atoms with E-state index in [1.165, 1.54) is 0 Å². The van der Waals surface area contributed by atoms with Crippen molar-refractivity contribution in [2.45, 2.75) is 11.8 Å². The zero-order chi connectivity index (χ0) is 40.5. The first-order valence-corrected chi connectivity index (χ1v) is 19.8. The molecule has 0 saturated carbocycles. The molecule has 3 amide bonds. The lowest BCUT2D eigenvalue weighted by atomic mass is 9.88. The number of aromatic nitrogens is 1. The Morgan fingerprint density at radius 3 is 1.48 bits per heavy atom. The van der Waals surface area contributed by atoms with E-state index in [0.29, 0.717) is 10.9 Å². The van der Waals surface area contributed by atoms with Crippen LogP contribution in [0.25, 0.3) is 49.1 Å². The first-order valence-electron chi connectivity index (χ1n) is 19.8. The molecule has 0 bridgehead atoms. The van der Waals surface area contributed by atoms with Crippen LogP contribution in [0.2, 0.25) is 0 Å². The summed E-state index contributed by atoms with van der Waals surface area (Å²) >= 11 is 0. The molecule has 2 unspecified atom stereocenters. The SMILES string of the molecule is O=C1N=c2c(ccc3c2ccc2c(-c4ccccc4)c(O)[nH]c23)=C1c1ccccc1.O=C1Nc2c(ccc3c4c(ccc23)C(c2ccccc2)C(=O)N4)C1c1ccccc1. The summed E-state index contributed by atoms with van der Waals surface area (Å²) in [6.45, 7) is 0. The van der Waals surface area contributed by atoms with Gasteiger partial charge in [-0.05, 0) is 33.4 Å². The Balaban J connectivity index is 0.000000136. The van der Waals surface area contributed by atoms with E-state index in [9.17, 15) is 19.5 Å². The molecule has 9 aromatic rings. The average Bonchev–Trinajstić information content (AvgIpc) is 4.03. The summed E-state index contributed by atoms with van der Waals surface area (Å²) in [5.74, 6) is -0.751. The van der Waals surface area contributed by atoms with Crippen molar-refractivity contribution in [3.8, 4) is 17.0 Å². The number of aromatic amines is 1. The molecule has 0 spiro atoms. The van der Waals surface area contributed by atoms with Gasteiger partial charge in [0.1, 0.15) is 0 Å². The van der Waals surface area contributed by atoms with E-state index in [0.717, 1.165) is 88.0 Å². The zero-order valence-corrected chi connectivity index (χ0v) is 31.9. The summed E-state index contributed by atoms with van der Waals surface area (Å²) in [6, 6.07) is 55.1. The number of rotatable bonds is 4. The van der Waals surface area contributed by atoms with Crippen LogP contribution in [0.3, 0.4) is 0 Å². The number of aromatic hydroxyl groups is 1. The molecular formula is C52H34N4O4. The number of carbonyl (C=O) groups is 3. The largest absolute Gasteiger partial charge is 0.494 e. The van der Waals surface area contributed by atoms with E-state index < -0.39 is 0 Å². The van der Waals surface area contributed by atoms with Gasteiger partial charge in [0.2, 0.25) is 11.8 Å². The third kappa shape index (κ3) is 5.45. The van der Waals surface area contributed by atoms with Crippen molar-refractivity contribution in [2.75, 3.05) is 10.6 Å². The van der Waals surface area contributed by atoms with Crippen LogP contribution in [0, 0.1) is 0 Å². The van der Waals surface area contributed by atoms with Crippen LogP contribution in [0.15, 0.2) is 175 Å². The number of fused-ring (bicyclic) bond motifs is 10. The molecule has 12 rings (SSSR count). The molecule has 8 nitrogen and oxygen atoms in total. The number of hydrogen-bond donors (Lipinski definition) is 4. The summed E-state index contributed by atoms with van der Waals surface area (Å²) in [6.07, 6.45) is 0. The summed E-state index contributed by atoms with van der Waals surface area (Å²) in [7, 11) is 0. The van der Waals surface area contributed by atoms with Gasteiger partial charge < -0.3 is 20.7 Å². The minimum absolute atomic E-state index is 0.0182. The van der Waals surface area contributed by atoms with Gasteiger partial charge in [0.25, 0.3) is 5.91 Å². The molecule has 1 aromatic heterocycles. The molecule has 3 aliphatic rings. The predicted molar refractivity (Wildman–Crippen MR) is 235 cm³/mol. The minimum Gasteiger partial charge on any atom is -0.494 e. The van der Waals surface area contributed by atoms with Crippen molar-refractivity contribution >= 4 is 67.1 Å². The number of carbonyl (C=O) groups excluding carboxylic acids is 3. The van der Waals surface area contributed by atoms with Crippen molar-refractivity contribution in [3.63, 3.8) is 0 Å². The van der Waals surface area contributed by atoms with Crippen molar-refractivity contribution in [1.29, 1.82) is 0 Å². The highest BCUT2D eigenvalue weighted by Crippen LogP contribution is 2.47. The monoisotopic (exact) mass is 778 g/mol. The summed E-state index contributed by atoms with van der Waals surface area (Å²) < 4.78 is 0. The second-order valence-corrected chi connectivity index (χ2v) is 15.2. The smallest absolute Gasteiger partial charge is 0.278 e. The van der Waals surface area contributed by atoms with Crippen LogP contribution in [-0.4, -0.2) is 27.8 Å². The number of amides is 3. The minimum atomic E-state index is -0.314. The van der Waals surface area contributed by atoms with E-state index in [1.807, 2.05) is 170 Å². The van der Waals surface area contributed by atoms with Gasteiger partial charge >= 0.3 is 0 Å². The lowest BCUT2D eigenvalue weighted by Crippen LogP contribution is -2.24. The van der Waals surface area contributed by atoms with Crippen molar-refractivity contribution in [2.24, 2.45) is 4.99 Å². The molecule has 8 aromatic carbocycles. The molecule has 0 radical (unpaired) electrons. The van der Waals surface area contributed by atoms with Crippen LogP contribution in [0.4, 0.5) is 11.4 Å². The molecule has 60 heavy (non-hydrogen) atoms. The second-order valence-electron chi connectivity index (χ2n) is 15.2. The molecule has 0 saturated heterocycles. The highest BCUT2D eigenvalue weighted by Gasteiger charge is 2.36. The van der Waals surface area contributed by atoms with Gasteiger partial charge in [-0.25, -0.2) is 4.99 Å². The third-order valence-electron chi connectivity index (χ3n) is 11.9. The molecule has 2 atom stereocenters. The number of nitrogens with zero attached hydrogens (tertiary/aromatic N) is 1. The summed E-state index contributed by atoms with van der Waals surface area (Å²) in [5, 5.41) is 23.0. The second kappa shape index (κ2) is 13.8. The van der Waals surface area contributed by atoms with E-state index in [1.54, 1.807) is 0 Å². The first-order chi connectivity index (χ1) is 29.4. The molecule has 0 fully saturated rings. The molecule has 4 N–H and O–H groups in total. The molecular weight excluding hydrogens is 745 g/mol. The predicted octanol–water partition coefficient (Wildman–Crippen LogP) is 9.06. The Morgan fingerprint density at radius 1 is 0.467 bits per heavy atom. The fourth-order valence-corrected chi connectivity index (χ4v) is 9.24. The van der Waals surface area contributed by atoms with Crippen molar-refractivity contribution < 1.29 is 19.5 Å². The number of anilines is 2. The molecule has 8 heteroatoms. The Labute approximate surface area is 343 Å². The maximum Gasteiger partial charge on any atom is 0.278 e. The van der Waals surface area contributed by atoms with Gasteiger partial charge in [0, 0.05) is 32.1 Å². The standard InChI is InChI=1S/C26H18N2O2.C26H16N2O2/c2*29-25-21(15-7-3-1-4-8-15)19-13-11-18-17(23(19)27-25)12-14-20-22(26(30)28-24(18)20)16-9-5-2-6-10-16/h1-14,21-22H,(H,27,29)(H,28,30);1-14,27,29H. The van der Waals surface area contributed by atoms with E-state index in [-0.39, 0.29) is 35.4 Å². The van der Waals surface area contributed by atoms with Gasteiger partial charge in [-0.15, -0.1) is 0 Å². The van der Waals surface area contributed by atoms with Crippen molar-refractivity contribution in [1.82, 2.24) is 4.98 Å². The van der Waals surface area contributed by atoms with Crippen LogP contribution in [0.1, 0.15) is 39.7 Å². The summed E-state index contributed by atoms with van der Waals surface area (Å²) in [4.78, 5) is 45.9. The maximum atomic E-state index is 12.8. The lowest BCUT2D eigenvalue weighted by molar-refractivity contribution is -0.117. The van der Waals surface area contributed by atoms with Crippen LogP contribution >= 0.6 is 0 Å². The van der Waals surface area contributed by atoms with E-state index in [2.05, 4.69) is 20.6 Å². The molecule has 3 aliphatic heterocycles. The topological polar surface area (TPSA) is 124 Å². The number of hydrogen-bond acceptors (Lipinski definition) is 4. The third-order valence-corrected chi connectivity index (χ3v) is 11.9. The van der Waals surface area contributed by atoms with Gasteiger partial charge in [-0.1, -0.05) is 170 Å². The number of H-pyrrole nitrogens is 1. The summed E-state index contributed by atoms with van der Waals surface area (Å²) in [5.41, 5.74) is 9.64. The highest BCUT2D eigenvalue weighted by atomic mass is 16.3. The van der Waals surface area contributed by atoms with Crippen molar-refractivity contribution in [3.05, 3.63) is 208 Å². The Morgan fingerprint density at radius 2 is 0.933 bits per heavy atom. The highest BCUT2D eigenvalue weighted by molar-refractivity contribution is 6.22. The number of nitrogens with one attached hydrogen (secondary N) is 3. The van der Waals surface area contributed by atoms with E-state index >= 15 is 0 Å². The zero-order valence-electron chi connectivity index (χ0n) is 31.9. The normalized spacial score (nSPS) is 16.2. The quantitative estimate of drug-likeness (QED) is 0.142. The van der Waals surface area contributed by atoms with Crippen LogP contribution < -0.4 is 21.2 Å². The molecule has 286 valence electrons. The Bertz CT molecular complexity index is 3280.